The number of nitrogens with one attached hydrogen (secondary N) is 1. The first-order chi connectivity index (χ1) is 9.33. The normalized spacial score (nSPS) is 28.7. The SMILES string of the molecule is CCOC1CC(NCCCCCOC)C12CCCC2. The molecule has 3 heteroatoms. The Bertz CT molecular complexity index is 251. The minimum atomic E-state index is 0.489. The average Bonchev–Trinajstić information content (AvgIpc) is 2.92. The van der Waals surface area contributed by atoms with Crippen molar-refractivity contribution in [2.45, 2.75) is 70.4 Å². The van der Waals surface area contributed by atoms with Crippen LogP contribution < -0.4 is 5.32 Å². The molecule has 2 unspecified atom stereocenters. The zero-order chi connectivity index (χ0) is 13.6. The minimum absolute atomic E-state index is 0.489. The number of ether oxygens (including phenoxy) is 2. The molecular formula is C16H31NO2. The second kappa shape index (κ2) is 7.61. The van der Waals surface area contributed by atoms with Gasteiger partial charge in [-0.3, -0.25) is 0 Å². The minimum Gasteiger partial charge on any atom is -0.385 e. The Morgan fingerprint density at radius 1 is 1.16 bits per heavy atom. The summed E-state index contributed by atoms with van der Waals surface area (Å²) in [6, 6.07) is 0.717. The van der Waals surface area contributed by atoms with E-state index in [1.165, 1.54) is 51.4 Å². The third kappa shape index (κ3) is 3.50. The smallest absolute Gasteiger partial charge is 0.0661 e. The van der Waals surface area contributed by atoms with Crippen molar-refractivity contribution in [3.8, 4) is 0 Å². The molecule has 2 fully saturated rings. The Balaban J connectivity index is 1.66. The first-order valence-corrected chi connectivity index (χ1v) is 8.17. The molecule has 112 valence electrons. The van der Waals surface area contributed by atoms with E-state index in [2.05, 4.69) is 12.2 Å². The summed E-state index contributed by atoms with van der Waals surface area (Å²) >= 11 is 0. The molecule has 0 heterocycles. The molecule has 0 aromatic carbocycles. The summed E-state index contributed by atoms with van der Waals surface area (Å²) in [7, 11) is 1.78. The van der Waals surface area contributed by atoms with Gasteiger partial charge in [-0.15, -0.1) is 0 Å². The molecule has 0 aromatic rings. The van der Waals surface area contributed by atoms with Crippen molar-refractivity contribution in [1.29, 1.82) is 0 Å². The van der Waals surface area contributed by atoms with E-state index < -0.39 is 0 Å². The lowest BCUT2D eigenvalue weighted by Gasteiger charge is -2.54. The van der Waals surface area contributed by atoms with Gasteiger partial charge in [-0.1, -0.05) is 12.8 Å². The van der Waals surface area contributed by atoms with Crippen LogP contribution in [-0.4, -0.2) is 39.0 Å². The summed E-state index contributed by atoms with van der Waals surface area (Å²) in [5, 5.41) is 3.80. The van der Waals surface area contributed by atoms with E-state index in [9.17, 15) is 0 Å². The molecule has 0 saturated heterocycles. The van der Waals surface area contributed by atoms with Gasteiger partial charge in [0.05, 0.1) is 6.10 Å². The highest BCUT2D eigenvalue weighted by molar-refractivity contribution is 5.09. The van der Waals surface area contributed by atoms with Crippen LogP contribution in [0.2, 0.25) is 0 Å². The van der Waals surface area contributed by atoms with Crippen LogP contribution in [-0.2, 0) is 9.47 Å². The molecule has 0 amide bonds. The molecule has 2 aliphatic rings. The summed E-state index contributed by atoms with van der Waals surface area (Å²) in [6.45, 7) is 5.06. The fraction of sp³-hybridized carbons (Fsp3) is 1.00. The van der Waals surface area contributed by atoms with Crippen LogP contribution in [0.1, 0.15) is 58.3 Å². The standard InChI is InChI=1S/C16H31NO2/c1-3-19-15-13-14(16(15)9-5-6-10-16)17-11-7-4-8-12-18-2/h14-15,17H,3-13H2,1-2H3. The van der Waals surface area contributed by atoms with Crippen molar-refractivity contribution in [3.63, 3.8) is 0 Å². The second-order valence-electron chi connectivity index (χ2n) is 6.18. The average molecular weight is 269 g/mol. The zero-order valence-electron chi connectivity index (χ0n) is 12.7. The summed E-state index contributed by atoms with van der Waals surface area (Å²) < 4.78 is 11.0. The number of hydrogen-bond acceptors (Lipinski definition) is 3. The molecule has 2 atom stereocenters. The van der Waals surface area contributed by atoms with Gasteiger partial charge in [0.25, 0.3) is 0 Å². The van der Waals surface area contributed by atoms with Crippen molar-refractivity contribution < 1.29 is 9.47 Å². The van der Waals surface area contributed by atoms with Crippen LogP contribution in [0.25, 0.3) is 0 Å². The predicted octanol–water partition coefficient (Wildman–Crippen LogP) is 3.13. The molecule has 1 N–H and O–H groups in total. The van der Waals surface area contributed by atoms with E-state index >= 15 is 0 Å². The lowest BCUT2D eigenvalue weighted by atomic mass is 9.60. The number of methoxy groups -OCH3 is 1. The fourth-order valence-electron chi connectivity index (χ4n) is 4.00. The number of hydrogen-bond donors (Lipinski definition) is 1. The Morgan fingerprint density at radius 3 is 2.63 bits per heavy atom. The molecule has 2 saturated carbocycles. The summed E-state index contributed by atoms with van der Waals surface area (Å²) in [6.07, 6.45) is 11.0. The van der Waals surface area contributed by atoms with E-state index in [-0.39, 0.29) is 0 Å². The van der Waals surface area contributed by atoms with E-state index in [1.54, 1.807) is 7.11 Å². The predicted molar refractivity (Wildman–Crippen MR) is 78.4 cm³/mol. The van der Waals surface area contributed by atoms with E-state index in [0.717, 1.165) is 19.8 Å². The maximum absolute atomic E-state index is 5.95. The third-order valence-corrected chi connectivity index (χ3v) is 5.10. The fourth-order valence-corrected chi connectivity index (χ4v) is 4.00. The van der Waals surface area contributed by atoms with Gasteiger partial charge >= 0.3 is 0 Å². The molecular weight excluding hydrogens is 238 g/mol. The number of rotatable bonds is 9. The van der Waals surface area contributed by atoms with Gasteiger partial charge in [0.1, 0.15) is 0 Å². The van der Waals surface area contributed by atoms with Crippen LogP contribution >= 0.6 is 0 Å². The van der Waals surface area contributed by atoms with Crippen LogP contribution in [0, 0.1) is 5.41 Å². The second-order valence-corrected chi connectivity index (χ2v) is 6.18. The Labute approximate surface area is 118 Å². The molecule has 1 spiro atoms. The highest BCUT2D eigenvalue weighted by atomic mass is 16.5. The molecule has 19 heavy (non-hydrogen) atoms. The monoisotopic (exact) mass is 269 g/mol. The molecule has 2 rings (SSSR count). The van der Waals surface area contributed by atoms with Gasteiger partial charge in [0.2, 0.25) is 0 Å². The van der Waals surface area contributed by atoms with Gasteiger partial charge in [-0.05, 0) is 52.0 Å². The van der Waals surface area contributed by atoms with Gasteiger partial charge < -0.3 is 14.8 Å². The van der Waals surface area contributed by atoms with Crippen molar-refractivity contribution >= 4 is 0 Å². The Kier molecular flexibility index (Phi) is 6.11. The summed E-state index contributed by atoms with van der Waals surface area (Å²) in [5.41, 5.74) is 0.489. The van der Waals surface area contributed by atoms with Crippen molar-refractivity contribution in [2.24, 2.45) is 5.41 Å². The maximum Gasteiger partial charge on any atom is 0.0661 e. The van der Waals surface area contributed by atoms with Crippen LogP contribution in [0.5, 0.6) is 0 Å². The topological polar surface area (TPSA) is 30.5 Å². The number of unbranched alkanes of at least 4 members (excludes halogenated alkanes) is 2. The molecule has 2 aliphatic carbocycles. The molecule has 0 aliphatic heterocycles. The van der Waals surface area contributed by atoms with Crippen LogP contribution in [0.15, 0.2) is 0 Å². The molecule has 0 radical (unpaired) electrons. The first kappa shape index (κ1) is 15.3. The zero-order valence-corrected chi connectivity index (χ0v) is 12.7. The lowest BCUT2D eigenvalue weighted by Crippen LogP contribution is -2.62. The first-order valence-electron chi connectivity index (χ1n) is 8.17. The lowest BCUT2D eigenvalue weighted by molar-refractivity contribution is -0.130. The van der Waals surface area contributed by atoms with Crippen molar-refractivity contribution in [3.05, 3.63) is 0 Å². The van der Waals surface area contributed by atoms with Gasteiger partial charge in [-0.25, -0.2) is 0 Å². The van der Waals surface area contributed by atoms with Gasteiger partial charge in [0.15, 0.2) is 0 Å². The highest BCUT2D eigenvalue weighted by Gasteiger charge is 2.56. The van der Waals surface area contributed by atoms with E-state index in [4.69, 9.17) is 9.47 Å². The van der Waals surface area contributed by atoms with E-state index in [0.29, 0.717) is 17.6 Å². The summed E-state index contributed by atoms with van der Waals surface area (Å²) in [4.78, 5) is 0. The van der Waals surface area contributed by atoms with Crippen LogP contribution in [0.3, 0.4) is 0 Å². The van der Waals surface area contributed by atoms with E-state index in [1.807, 2.05) is 0 Å². The maximum atomic E-state index is 5.95. The molecule has 0 bridgehead atoms. The largest absolute Gasteiger partial charge is 0.385 e. The van der Waals surface area contributed by atoms with Crippen molar-refractivity contribution in [1.82, 2.24) is 5.32 Å². The highest BCUT2D eigenvalue weighted by Crippen LogP contribution is 2.54. The molecule has 0 aromatic heterocycles. The summed E-state index contributed by atoms with van der Waals surface area (Å²) in [5.74, 6) is 0. The third-order valence-electron chi connectivity index (χ3n) is 5.10. The van der Waals surface area contributed by atoms with Gasteiger partial charge in [0, 0.05) is 31.8 Å². The Hall–Kier alpha value is -0.120. The van der Waals surface area contributed by atoms with Crippen molar-refractivity contribution in [2.75, 3.05) is 26.9 Å². The molecule has 3 nitrogen and oxygen atoms in total. The van der Waals surface area contributed by atoms with Crippen LogP contribution in [0.4, 0.5) is 0 Å². The Morgan fingerprint density at radius 2 is 1.95 bits per heavy atom. The quantitative estimate of drug-likeness (QED) is 0.652. The van der Waals surface area contributed by atoms with Gasteiger partial charge in [-0.2, -0.15) is 0 Å².